The number of rotatable bonds is 7. The Kier molecular flexibility index (Phi) is 5.65. The predicted molar refractivity (Wildman–Crippen MR) is 95.2 cm³/mol. The van der Waals surface area contributed by atoms with Crippen molar-refractivity contribution in [1.82, 2.24) is 0 Å². The molecule has 0 aliphatic heterocycles. The van der Waals surface area contributed by atoms with E-state index in [1.54, 1.807) is 6.07 Å². The second-order valence-corrected chi connectivity index (χ2v) is 5.55. The van der Waals surface area contributed by atoms with Gasteiger partial charge in [0.25, 0.3) is 0 Å². The summed E-state index contributed by atoms with van der Waals surface area (Å²) in [7, 11) is 0. The molecule has 0 unspecified atom stereocenters. The molecule has 0 spiro atoms. The minimum atomic E-state index is -0.388. The van der Waals surface area contributed by atoms with E-state index in [0.717, 1.165) is 11.1 Å². The second kappa shape index (κ2) is 8.31. The lowest BCUT2D eigenvalue weighted by Crippen LogP contribution is -2.02. The Morgan fingerprint density at radius 1 is 0.760 bits per heavy atom. The topological polar surface area (TPSA) is 38.7 Å². The zero-order valence-electron chi connectivity index (χ0n) is 13.7. The summed E-state index contributed by atoms with van der Waals surface area (Å²) in [6.45, 7) is 0.482. The van der Waals surface area contributed by atoms with Crippen LogP contribution < -0.4 is 9.47 Å². The third-order valence-corrected chi connectivity index (χ3v) is 3.65. The first-order valence-corrected chi connectivity index (χ1v) is 8.06. The van der Waals surface area contributed by atoms with Crippen LogP contribution in [0.3, 0.4) is 0 Å². The van der Waals surface area contributed by atoms with E-state index in [1.165, 1.54) is 12.1 Å². The van der Waals surface area contributed by atoms with Crippen molar-refractivity contribution in [1.29, 1.82) is 0 Å². The molecule has 128 valence electrons. The van der Waals surface area contributed by atoms with Gasteiger partial charge in [0.15, 0.2) is 0 Å². The normalized spacial score (nSPS) is 10.5. The lowest BCUT2D eigenvalue weighted by atomic mass is 10.0. The molecule has 3 aromatic carbocycles. The van der Waals surface area contributed by atoms with Gasteiger partial charge < -0.3 is 14.6 Å². The molecule has 0 heterocycles. The van der Waals surface area contributed by atoms with Crippen LogP contribution in [0.25, 0.3) is 11.1 Å². The number of benzene rings is 3. The summed E-state index contributed by atoms with van der Waals surface area (Å²) >= 11 is 0. The molecule has 0 fully saturated rings. The number of hydrogen-bond donors (Lipinski definition) is 1. The predicted octanol–water partition coefficient (Wildman–Crippen LogP) is 4.44. The van der Waals surface area contributed by atoms with Gasteiger partial charge >= 0.3 is 0 Å². The molecule has 0 aliphatic carbocycles. The number of halogens is 1. The Bertz CT molecular complexity index is 818. The molecule has 0 bridgehead atoms. The Labute approximate surface area is 146 Å². The Balaban J connectivity index is 1.77. The first-order valence-electron chi connectivity index (χ1n) is 8.06. The van der Waals surface area contributed by atoms with E-state index in [0.29, 0.717) is 23.7 Å². The average Bonchev–Trinajstić information content (AvgIpc) is 2.65. The third-order valence-electron chi connectivity index (χ3n) is 3.65. The largest absolute Gasteiger partial charge is 0.491 e. The first kappa shape index (κ1) is 17.0. The molecule has 3 aromatic rings. The maximum absolute atomic E-state index is 13.8. The van der Waals surface area contributed by atoms with Crippen LogP contribution in [0.5, 0.6) is 11.5 Å². The molecule has 3 rings (SSSR count). The highest BCUT2D eigenvalue weighted by Crippen LogP contribution is 2.28. The van der Waals surface area contributed by atoms with Crippen LogP contribution in [-0.2, 0) is 6.61 Å². The zero-order chi connectivity index (χ0) is 17.5. The van der Waals surface area contributed by atoms with Crippen molar-refractivity contribution < 1.29 is 19.0 Å². The maximum Gasteiger partial charge on any atom is 0.127 e. The molecule has 0 aromatic heterocycles. The van der Waals surface area contributed by atoms with Crippen molar-refractivity contribution >= 4 is 0 Å². The first-order chi connectivity index (χ1) is 12.2. The molecular formula is C21H19FO3. The fraction of sp³-hybridized carbons (Fsp3) is 0.143. The molecule has 0 amide bonds. The van der Waals surface area contributed by atoms with Gasteiger partial charge in [0.05, 0.1) is 6.61 Å². The smallest absolute Gasteiger partial charge is 0.127 e. The van der Waals surface area contributed by atoms with E-state index in [9.17, 15) is 4.39 Å². The van der Waals surface area contributed by atoms with Gasteiger partial charge in [-0.15, -0.1) is 0 Å². The van der Waals surface area contributed by atoms with Gasteiger partial charge in [-0.1, -0.05) is 42.5 Å². The Hall–Kier alpha value is -2.85. The molecule has 0 atom stereocenters. The monoisotopic (exact) mass is 338 g/mol. The summed E-state index contributed by atoms with van der Waals surface area (Å²) in [4.78, 5) is 0. The van der Waals surface area contributed by atoms with E-state index in [2.05, 4.69) is 0 Å². The summed E-state index contributed by atoms with van der Waals surface area (Å²) in [5, 5.41) is 8.84. The van der Waals surface area contributed by atoms with Crippen LogP contribution in [0, 0.1) is 5.82 Å². The number of hydrogen-bond acceptors (Lipinski definition) is 3. The van der Waals surface area contributed by atoms with Gasteiger partial charge in [-0.3, -0.25) is 0 Å². The van der Waals surface area contributed by atoms with Gasteiger partial charge in [0.2, 0.25) is 0 Å². The minimum Gasteiger partial charge on any atom is -0.491 e. The van der Waals surface area contributed by atoms with Gasteiger partial charge in [-0.25, -0.2) is 4.39 Å². The maximum atomic E-state index is 13.8. The Morgan fingerprint density at radius 2 is 1.56 bits per heavy atom. The zero-order valence-corrected chi connectivity index (χ0v) is 13.7. The molecule has 1 N–H and O–H groups in total. The van der Waals surface area contributed by atoms with Crippen LogP contribution in [0.1, 0.15) is 5.56 Å². The van der Waals surface area contributed by atoms with E-state index in [-0.39, 0.29) is 19.0 Å². The molecule has 3 nitrogen and oxygen atoms in total. The van der Waals surface area contributed by atoms with E-state index in [1.807, 2.05) is 54.6 Å². The van der Waals surface area contributed by atoms with Gasteiger partial charge in [0, 0.05) is 6.07 Å². The minimum absolute atomic E-state index is 0.116. The Morgan fingerprint density at radius 3 is 2.36 bits per heavy atom. The lowest BCUT2D eigenvalue weighted by molar-refractivity contribution is 0.201. The molecule has 0 saturated heterocycles. The molecular weight excluding hydrogens is 319 g/mol. The molecule has 0 saturated carbocycles. The van der Waals surface area contributed by atoms with Crippen molar-refractivity contribution in [2.24, 2.45) is 0 Å². The summed E-state index contributed by atoms with van der Waals surface area (Å²) in [6, 6.07) is 21.9. The van der Waals surface area contributed by atoms with Crippen molar-refractivity contribution in [3.05, 3.63) is 84.2 Å². The van der Waals surface area contributed by atoms with Crippen LogP contribution in [0.4, 0.5) is 4.39 Å². The highest BCUT2D eigenvalue weighted by atomic mass is 19.1. The van der Waals surface area contributed by atoms with Crippen molar-refractivity contribution in [2.45, 2.75) is 6.61 Å². The summed E-state index contributed by atoms with van der Waals surface area (Å²) in [6.07, 6.45) is 0. The fourth-order valence-corrected chi connectivity index (χ4v) is 2.48. The highest BCUT2D eigenvalue weighted by Gasteiger charge is 2.06. The van der Waals surface area contributed by atoms with E-state index < -0.39 is 0 Å². The summed E-state index contributed by atoms with van der Waals surface area (Å²) < 4.78 is 25.0. The number of aliphatic hydroxyl groups excluding tert-OH is 1. The summed E-state index contributed by atoms with van der Waals surface area (Å²) in [5.74, 6) is 0.712. The quantitative estimate of drug-likeness (QED) is 0.692. The van der Waals surface area contributed by atoms with E-state index in [4.69, 9.17) is 14.6 Å². The van der Waals surface area contributed by atoms with Crippen LogP contribution in [0.2, 0.25) is 0 Å². The molecule has 25 heavy (non-hydrogen) atoms. The fourth-order valence-electron chi connectivity index (χ4n) is 2.48. The third kappa shape index (κ3) is 4.81. The van der Waals surface area contributed by atoms with Gasteiger partial charge in [-0.05, 0) is 41.0 Å². The number of ether oxygens (including phenoxy) is 2. The standard InChI is InChI=1S/C21H19FO3/c22-19-11-18(13-21(14-19)24-10-9-23)17-7-4-8-20(12-17)25-15-16-5-2-1-3-6-16/h1-8,11-14,23H,9-10,15H2. The van der Waals surface area contributed by atoms with Crippen LogP contribution >= 0.6 is 0 Å². The van der Waals surface area contributed by atoms with Crippen LogP contribution in [0.15, 0.2) is 72.8 Å². The van der Waals surface area contributed by atoms with Crippen molar-refractivity contribution in [2.75, 3.05) is 13.2 Å². The SMILES string of the molecule is OCCOc1cc(F)cc(-c2cccc(OCc3ccccc3)c2)c1. The molecule has 0 aliphatic rings. The highest BCUT2D eigenvalue weighted by molar-refractivity contribution is 5.66. The van der Waals surface area contributed by atoms with E-state index >= 15 is 0 Å². The summed E-state index contributed by atoms with van der Waals surface area (Å²) in [5.41, 5.74) is 2.61. The van der Waals surface area contributed by atoms with Gasteiger partial charge in [-0.2, -0.15) is 0 Å². The molecule has 0 radical (unpaired) electrons. The molecule has 4 heteroatoms. The van der Waals surface area contributed by atoms with Crippen LogP contribution in [-0.4, -0.2) is 18.3 Å². The van der Waals surface area contributed by atoms with Gasteiger partial charge in [0.1, 0.15) is 30.5 Å². The average molecular weight is 338 g/mol. The lowest BCUT2D eigenvalue weighted by Gasteiger charge is -2.10. The second-order valence-electron chi connectivity index (χ2n) is 5.55. The van der Waals surface area contributed by atoms with Crippen molar-refractivity contribution in [3.8, 4) is 22.6 Å². The number of aliphatic hydroxyl groups is 1. The van der Waals surface area contributed by atoms with Crippen molar-refractivity contribution in [3.63, 3.8) is 0 Å².